The van der Waals surface area contributed by atoms with Gasteiger partial charge in [0.25, 0.3) is 5.91 Å². The highest BCUT2D eigenvalue weighted by Gasteiger charge is 2.24. The van der Waals surface area contributed by atoms with Crippen LogP contribution in [0.3, 0.4) is 0 Å². The van der Waals surface area contributed by atoms with E-state index in [-0.39, 0.29) is 11.9 Å². The van der Waals surface area contributed by atoms with E-state index in [0.29, 0.717) is 36.3 Å². The second-order valence-corrected chi connectivity index (χ2v) is 7.25. The van der Waals surface area contributed by atoms with Gasteiger partial charge in [-0.05, 0) is 49.2 Å². The number of fused-ring (bicyclic) bond motifs is 3. The van der Waals surface area contributed by atoms with Crippen molar-refractivity contribution in [3.05, 3.63) is 63.9 Å². The fraction of sp³-hybridized carbons (Fsp3) is 0.286. The van der Waals surface area contributed by atoms with Crippen molar-refractivity contribution in [2.24, 2.45) is 0 Å². The molecule has 0 bridgehead atoms. The number of aromatic nitrogens is 2. The molecule has 28 heavy (non-hydrogen) atoms. The summed E-state index contributed by atoms with van der Waals surface area (Å²) in [7, 11) is 0. The van der Waals surface area contributed by atoms with Crippen molar-refractivity contribution in [1.82, 2.24) is 14.9 Å². The number of pyridine rings is 2. The molecule has 144 valence electrons. The predicted molar refractivity (Wildman–Crippen MR) is 109 cm³/mol. The highest BCUT2D eigenvalue weighted by atomic mass is 35.5. The molecule has 4 rings (SSSR count). The minimum atomic E-state index is -0.128. The van der Waals surface area contributed by atoms with Crippen molar-refractivity contribution < 1.29 is 9.53 Å². The molecule has 7 heteroatoms. The Balaban J connectivity index is 1.71. The number of nitrogen functional groups attached to an aromatic ring is 1. The van der Waals surface area contributed by atoms with Crippen molar-refractivity contribution in [2.75, 3.05) is 12.3 Å². The van der Waals surface area contributed by atoms with E-state index in [9.17, 15) is 4.79 Å². The highest BCUT2D eigenvalue weighted by Crippen LogP contribution is 2.32. The summed E-state index contributed by atoms with van der Waals surface area (Å²) in [6.07, 6.45) is 1.71. The van der Waals surface area contributed by atoms with Crippen LogP contribution in [0.2, 0.25) is 5.15 Å². The van der Waals surface area contributed by atoms with Gasteiger partial charge in [-0.25, -0.2) is 9.97 Å². The number of benzene rings is 1. The molecular formula is C21H21ClN4O2. The highest BCUT2D eigenvalue weighted by molar-refractivity contribution is 6.29. The molecule has 3 aromatic rings. The Hall–Kier alpha value is -2.70. The molecule has 2 aromatic heterocycles. The molecule has 0 saturated carbocycles. The molecule has 0 aliphatic carbocycles. The van der Waals surface area contributed by atoms with E-state index in [1.165, 1.54) is 0 Å². The van der Waals surface area contributed by atoms with Crippen LogP contribution >= 0.6 is 11.6 Å². The summed E-state index contributed by atoms with van der Waals surface area (Å²) >= 11 is 5.88. The lowest BCUT2D eigenvalue weighted by molar-refractivity contribution is 0.0702. The lowest BCUT2D eigenvalue weighted by Crippen LogP contribution is -2.33. The van der Waals surface area contributed by atoms with E-state index in [2.05, 4.69) is 9.97 Å². The van der Waals surface area contributed by atoms with Crippen LogP contribution < -0.4 is 5.73 Å². The number of carbonyl (C=O) groups excluding carboxylic acids is 1. The van der Waals surface area contributed by atoms with Crippen LogP contribution in [0, 0.1) is 0 Å². The van der Waals surface area contributed by atoms with Crippen molar-refractivity contribution in [1.29, 1.82) is 0 Å². The van der Waals surface area contributed by atoms with E-state index in [1.54, 1.807) is 18.3 Å². The van der Waals surface area contributed by atoms with Crippen molar-refractivity contribution in [3.8, 4) is 0 Å². The summed E-state index contributed by atoms with van der Waals surface area (Å²) in [6, 6.07) is 9.05. The zero-order valence-corrected chi connectivity index (χ0v) is 16.5. The van der Waals surface area contributed by atoms with Gasteiger partial charge in [0.05, 0.1) is 24.8 Å². The van der Waals surface area contributed by atoms with Gasteiger partial charge in [-0.2, -0.15) is 0 Å². The molecule has 1 aliphatic rings. The minimum Gasteiger partial charge on any atom is -0.383 e. The third-order valence-corrected chi connectivity index (χ3v) is 5.50. The number of nitrogens with two attached hydrogens (primary N) is 1. The first-order valence-electron chi connectivity index (χ1n) is 9.20. The Kier molecular flexibility index (Phi) is 4.91. The second kappa shape index (κ2) is 7.37. The van der Waals surface area contributed by atoms with E-state index in [0.717, 1.165) is 27.6 Å². The van der Waals surface area contributed by atoms with Gasteiger partial charge >= 0.3 is 0 Å². The molecule has 0 saturated heterocycles. The van der Waals surface area contributed by atoms with E-state index >= 15 is 0 Å². The maximum atomic E-state index is 13.3. The van der Waals surface area contributed by atoms with Crippen molar-refractivity contribution >= 4 is 34.2 Å². The molecule has 1 aromatic carbocycles. The summed E-state index contributed by atoms with van der Waals surface area (Å²) in [6.45, 7) is 5.47. The number of halogens is 1. The number of amides is 1. The average Bonchev–Trinajstić information content (AvgIpc) is 3.19. The van der Waals surface area contributed by atoms with Crippen LogP contribution in [0.5, 0.6) is 0 Å². The SMILES string of the molecule is CCN(C(=O)c1ccc2nc(N)c3c(c2c1)COC3)[C@H](C)c1ccc(Cl)nc1. The van der Waals surface area contributed by atoms with Gasteiger partial charge in [-0.15, -0.1) is 0 Å². The van der Waals surface area contributed by atoms with Gasteiger partial charge < -0.3 is 15.4 Å². The lowest BCUT2D eigenvalue weighted by Gasteiger charge is -2.28. The second-order valence-electron chi connectivity index (χ2n) is 6.86. The van der Waals surface area contributed by atoms with Crippen LogP contribution in [0.4, 0.5) is 5.82 Å². The van der Waals surface area contributed by atoms with Crippen molar-refractivity contribution in [3.63, 3.8) is 0 Å². The summed E-state index contributed by atoms with van der Waals surface area (Å²) in [4.78, 5) is 23.7. The fourth-order valence-electron chi connectivity index (χ4n) is 3.68. The monoisotopic (exact) mass is 396 g/mol. The van der Waals surface area contributed by atoms with Gasteiger partial charge in [0.2, 0.25) is 0 Å². The first kappa shape index (κ1) is 18.7. The summed E-state index contributed by atoms with van der Waals surface area (Å²) in [5.41, 5.74) is 10.3. The van der Waals surface area contributed by atoms with Gasteiger partial charge in [-0.1, -0.05) is 17.7 Å². The topological polar surface area (TPSA) is 81.3 Å². The largest absolute Gasteiger partial charge is 0.383 e. The minimum absolute atomic E-state index is 0.0451. The Bertz CT molecular complexity index is 1050. The maximum absolute atomic E-state index is 13.3. The molecule has 2 N–H and O–H groups in total. The van der Waals surface area contributed by atoms with E-state index in [4.69, 9.17) is 22.1 Å². The zero-order chi connectivity index (χ0) is 19.8. The van der Waals surface area contributed by atoms with Gasteiger partial charge in [-0.3, -0.25) is 4.79 Å². The molecule has 0 spiro atoms. The summed E-state index contributed by atoms with van der Waals surface area (Å²) < 4.78 is 5.55. The number of nitrogens with zero attached hydrogens (tertiary/aromatic N) is 3. The Labute approximate surface area is 168 Å². The van der Waals surface area contributed by atoms with Crippen LogP contribution in [-0.2, 0) is 18.0 Å². The lowest BCUT2D eigenvalue weighted by atomic mass is 10.0. The fourth-order valence-corrected chi connectivity index (χ4v) is 3.79. The number of rotatable bonds is 4. The number of carbonyl (C=O) groups is 1. The number of anilines is 1. The maximum Gasteiger partial charge on any atom is 0.254 e. The first-order chi connectivity index (χ1) is 13.5. The van der Waals surface area contributed by atoms with Gasteiger partial charge in [0.1, 0.15) is 11.0 Å². The predicted octanol–water partition coefficient (Wildman–Crippen LogP) is 4.12. The first-order valence-corrected chi connectivity index (χ1v) is 9.58. The van der Waals surface area contributed by atoms with Crippen LogP contribution in [0.15, 0.2) is 36.5 Å². The smallest absolute Gasteiger partial charge is 0.254 e. The standard InChI is InChI=1S/C21H21ClN4O2/c1-3-26(12(2)14-5-7-19(22)24-9-14)21(27)13-4-6-18-15(8-13)16-10-28-11-17(16)20(23)25-18/h4-9,12H,3,10-11H2,1-2H3,(H2,23,25)/t12-/m1/s1. The molecule has 0 fully saturated rings. The Morgan fingerprint density at radius 2 is 2.07 bits per heavy atom. The number of ether oxygens (including phenoxy) is 1. The average molecular weight is 397 g/mol. The molecule has 0 radical (unpaired) electrons. The van der Waals surface area contributed by atoms with Gasteiger partial charge in [0, 0.05) is 29.3 Å². The molecule has 1 amide bonds. The Morgan fingerprint density at radius 1 is 1.29 bits per heavy atom. The normalized spacial score (nSPS) is 14.1. The number of hydrogen-bond acceptors (Lipinski definition) is 5. The summed E-state index contributed by atoms with van der Waals surface area (Å²) in [5, 5.41) is 1.35. The third-order valence-electron chi connectivity index (χ3n) is 5.28. The molecule has 0 unspecified atom stereocenters. The number of hydrogen-bond donors (Lipinski definition) is 1. The zero-order valence-electron chi connectivity index (χ0n) is 15.8. The molecule has 1 atom stereocenters. The van der Waals surface area contributed by atoms with Crippen LogP contribution in [0.25, 0.3) is 10.9 Å². The van der Waals surface area contributed by atoms with Crippen LogP contribution in [-0.4, -0.2) is 27.3 Å². The van der Waals surface area contributed by atoms with E-state index in [1.807, 2.05) is 36.9 Å². The van der Waals surface area contributed by atoms with Gasteiger partial charge in [0.15, 0.2) is 0 Å². The molecule has 6 nitrogen and oxygen atoms in total. The quantitative estimate of drug-likeness (QED) is 0.671. The Morgan fingerprint density at radius 3 is 2.79 bits per heavy atom. The van der Waals surface area contributed by atoms with Crippen LogP contribution in [0.1, 0.15) is 46.9 Å². The summed E-state index contributed by atoms with van der Waals surface area (Å²) in [5.74, 6) is 0.453. The third kappa shape index (κ3) is 3.19. The van der Waals surface area contributed by atoms with Crippen molar-refractivity contribution in [2.45, 2.75) is 33.1 Å². The molecule has 3 heterocycles. The van der Waals surface area contributed by atoms with E-state index < -0.39 is 0 Å². The molecule has 1 aliphatic heterocycles. The molecular weight excluding hydrogens is 376 g/mol.